The summed E-state index contributed by atoms with van der Waals surface area (Å²) in [7, 11) is 0. The molecule has 27 heavy (non-hydrogen) atoms. The quantitative estimate of drug-likeness (QED) is 0.564. The van der Waals surface area contributed by atoms with Crippen molar-refractivity contribution in [3.63, 3.8) is 0 Å². The van der Waals surface area contributed by atoms with Gasteiger partial charge in [-0.05, 0) is 60.1 Å². The van der Waals surface area contributed by atoms with E-state index in [9.17, 15) is 0 Å². The second-order valence-electron chi connectivity index (χ2n) is 8.00. The molecule has 0 atom stereocenters. The number of hydrogen-bond donors (Lipinski definition) is 1. The average molecular weight is 383 g/mol. The van der Waals surface area contributed by atoms with Crippen molar-refractivity contribution in [3.8, 4) is 0 Å². The Bertz CT molecular complexity index is 871. The molecule has 3 rings (SSSR count). The van der Waals surface area contributed by atoms with Gasteiger partial charge in [-0.15, -0.1) is 0 Å². The molecule has 3 nitrogen and oxygen atoms in total. The summed E-state index contributed by atoms with van der Waals surface area (Å²) in [5.74, 6) is 0. The van der Waals surface area contributed by atoms with E-state index in [1.807, 2.05) is 11.8 Å². The average Bonchev–Trinajstić information content (AvgIpc) is 2.99. The van der Waals surface area contributed by atoms with Gasteiger partial charge in [0.2, 0.25) is 0 Å². The zero-order valence-electron chi connectivity index (χ0n) is 17.2. The van der Waals surface area contributed by atoms with E-state index in [2.05, 4.69) is 97.6 Å². The van der Waals surface area contributed by atoms with E-state index in [0.29, 0.717) is 0 Å². The lowest BCUT2D eigenvalue weighted by Crippen LogP contribution is -2.41. The Morgan fingerprint density at radius 3 is 2.26 bits per heavy atom. The molecule has 0 spiro atoms. The first-order valence-electron chi connectivity index (χ1n) is 9.93. The molecule has 0 radical (unpaired) electrons. The summed E-state index contributed by atoms with van der Waals surface area (Å²) in [5.41, 5.74) is 4.04. The first kappa shape index (κ1) is 20.0. The van der Waals surface area contributed by atoms with Crippen molar-refractivity contribution < 1.29 is 4.57 Å². The van der Waals surface area contributed by atoms with Gasteiger partial charge in [0, 0.05) is 11.4 Å². The molecule has 0 aliphatic rings. The van der Waals surface area contributed by atoms with Crippen LogP contribution in [0.15, 0.2) is 58.6 Å². The van der Waals surface area contributed by atoms with Gasteiger partial charge in [0.05, 0.1) is 0 Å². The number of fused-ring (bicyclic) bond motifs is 1. The topological polar surface area (TPSA) is 22.9 Å². The van der Waals surface area contributed by atoms with Crippen molar-refractivity contribution in [3.05, 3.63) is 54.1 Å². The molecule has 0 unspecified atom stereocenters. The molecule has 0 aliphatic carbocycles. The van der Waals surface area contributed by atoms with Crippen LogP contribution in [0.1, 0.15) is 40.2 Å². The lowest BCUT2D eigenvalue weighted by atomic mass is 9.87. The Morgan fingerprint density at radius 1 is 0.963 bits per heavy atom. The standard InChI is InChI=1S/C23H31N3S/c1-6-25(7-2)16-17-26-21-11-9-8-10-20(21)24-22(26)27-19-14-12-18(13-15-19)23(3,4)5/h8-15H,6-7,16-17H2,1-5H3/p+1. The van der Waals surface area contributed by atoms with E-state index < -0.39 is 0 Å². The van der Waals surface area contributed by atoms with Crippen molar-refractivity contribution in [1.29, 1.82) is 0 Å². The van der Waals surface area contributed by atoms with Crippen LogP contribution in [-0.2, 0) is 12.0 Å². The van der Waals surface area contributed by atoms with E-state index in [0.717, 1.165) is 26.2 Å². The smallest absolute Gasteiger partial charge is 0.300 e. The van der Waals surface area contributed by atoms with Crippen molar-refractivity contribution in [2.24, 2.45) is 0 Å². The maximum absolute atomic E-state index is 3.62. The van der Waals surface area contributed by atoms with Crippen LogP contribution in [0.5, 0.6) is 0 Å². The molecule has 3 aromatic rings. The minimum Gasteiger partial charge on any atom is -0.300 e. The van der Waals surface area contributed by atoms with Crippen molar-refractivity contribution in [1.82, 2.24) is 9.88 Å². The minimum absolute atomic E-state index is 0.188. The number of para-hydroxylation sites is 2. The van der Waals surface area contributed by atoms with Crippen LogP contribution in [0.4, 0.5) is 0 Å². The first-order chi connectivity index (χ1) is 12.9. The maximum Gasteiger partial charge on any atom is 0.321 e. The number of rotatable bonds is 7. The summed E-state index contributed by atoms with van der Waals surface area (Å²) in [5, 5.41) is 1.20. The molecule has 4 heteroatoms. The van der Waals surface area contributed by atoms with E-state index in [1.165, 1.54) is 26.6 Å². The molecule has 1 heterocycles. The summed E-state index contributed by atoms with van der Waals surface area (Å²) < 4.78 is 2.43. The Morgan fingerprint density at radius 2 is 1.63 bits per heavy atom. The number of H-pyrrole nitrogens is 1. The number of nitrogens with one attached hydrogen (secondary N) is 1. The highest BCUT2D eigenvalue weighted by atomic mass is 32.2. The maximum atomic E-state index is 3.62. The molecule has 0 amide bonds. The lowest BCUT2D eigenvalue weighted by molar-refractivity contribution is -0.708. The van der Waals surface area contributed by atoms with E-state index in [-0.39, 0.29) is 5.41 Å². The molecular weight excluding hydrogens is 350 g/mol. The fraction of sp³-hybridized carbons (Fsp3) is 0.435. The largest absolute Gasteiger partial charge is 0.321 e. The monoisotopic (exact) mass is 382 g/mol. The predicted octanol–water partition coefficient (Wildman–Crippen LogP) is 5.25. The van der Waals surface area contributed by atoms with Crippen LogP contribution >= 0.6 is 11.8 Å². The van der Waals surface area contributed by atoms with Crippen LogP contribution in [0.2, 0.25) is 0 Å². The van der Waals surface area contributed by atoms with Crippen molar-refractivity contribution in [2.45, 2.75) is 56.6 Å². The van der Waals surface area contributed by atoms with E-state index in [1.54, 1.807) is 0 Å². The third kappa shape index (κ3) is 4.74. The van der Waals surface area contributed by atoms with Gasteiger partial charge in [0.1, 0.15) is 6.54 Å². The predicted molar refractivity (Wildman–Crippen MR) is 116 cm³/mol. The summed E-state index contributed by atoms with van der Waals surface area (Å²) in [6.07, 6.45) is 0. The Hall–Kier alpha value is -1.78. The van der Waals surface area contributed by atoms with E-state index >= 15 is 0 Å². The normalized spacial score (nSPS) is 12.2. The number of benzene rings is 2. The number of aromatic amines is 1. The molecule has 1 N–H and O–H groups in total. The zero-order valence-corrected chi connectivity index (χ0v) is 18.1. The van der Waals surface area contributed by atoms with Gasteiger partial charge in [-0.25, -0.2) is 9.55 Å². The number of hydrogen-bond acceptors (Lipinski definition) is 2. The van der Waals surface area contributed by atoms with Crippen LogP contribution < -0.4 is 4.57 Å². The molecule has 144 valence electrons. The second-order valence-corrected chi connectivity index (χ2v) is 9.06. The summed E-state index contributed by atoms with van der Waals surface area (Å²) in [6, 6.07) is 17.6. The third-order valence-corrected chi connectivity index (χ3v) is 6.17. The van der Waals surface area contributed by atoms with Crippen LogP contribution in [0, 0.1) is 0 Å². The third-order valence-electron chi connectivity index (χ3n) is 5.15. The summed E-state index contributed by atoms with van der Waals surface area (Å²) in [4.78, 5) is 7.37. The SMILES string of the molecule is CCN(CC)CC[n+]1c(Sc2ccc(C(C)(C)C)cc2)[nH]c2ccccc21. The number of aromatic nitrogens is 2. The molecule has 0 fully saturated rings. The van der Waals surface area contributed by atoms with E-state index in [4.69, 9.17) is 0 Å². The van der Waals surface area contributed by atoms with Gasteiger partial charge in [0.15, 0.2) is 11.0 Å². The molecule has 0 aliphatic heterocycles. The Kier molecular flexibility index (Phi) is 6.28. The molecule has 1 aromatic heterocycles. The summed E-state index contributed by atoms with van der Waals surface area (Å²) in [6.45, 7) is 15.5. The first-order valence-corrected chi connectivity index (χ1v) is 10.7. The highest BCUT2D eigenvalue weighted by Gasteiger charge is 2.20. The van der Waals surface area contributed by atoms with Gasteiger partial charge in [-0.3, -0.25) is 4.90 Å². The Labute approximate surface area is 167 Å². The molecule has 0 saturated carbocycles. The van der Waals surface area contributed by atoms with Gasteiger partial charge in [-0.1, -0.05) is 58.9 Å². The van der Waals surface area contributed by atoms with Gasteiger partial charge in [-0.2, -0.15) is 0 Å². The lowest BCUT2D eigenvalue weighted by Gasteiger charge is -2.19. The van der Waals surface area contributed by atoms with Crippen LogP contribution in [-0.4, -0.2) is 29.5 Å². The number of likely N-dealkylation sites (N-methyl/N-ethyl adjacent to an activating group) is 1. The highest BCUT2D eigenvalue weighted by Crippen LogP contribution is 2.29. The fourth-order valence-corrected chi connectivity index (χ4v) is 4.28. The summed E-state index contributed by atoms with van der Waals surface area (Å²) >= 11 is 1.82. The van der Waals surface area contributed by atoms with Crippen LogP contribution in [0.25, 0.3) is 11.0 Å². The molecule has 0 bridgehead atoms. The van der Waals surface area contributed by atoms with Gasteiger partial charge in [0.25, 0.3) is 0 Å². The second kappa shape index (κ2) is 8.49. The van der Waals surface area contributed by atoms with Gasteiger partial charge < -0.3 is 0 Å². The fourth-order valence-electron chi connectivity index (χ4n) is 3.33. The Balaban J connectivity index is 1.88. The number of imidazole rings is 1. The zero-order chi connectivity index (χ0) is 19.4. The van der Waals surface area contributed by atoms with Crippen LogP contribution in [0.3, 0.4) is 0 Å². The molecule has 0 saturated heterocycles. The molecule has 2 aromatic carbocycles. The van der Waals surface area contributed by atoms with Gasteiger partial charge >= 0.3 is 5.16 Å². The minimum atomic E-state index is 0.188. The highest BCUT2D eigenvalue weighted by molar-refractivity contribution is 7.99. The molecular formula is C23H32N3S+. The van der Waals surface area contributed by atoms with Crippen molar-refractivity contribution in [2.75, 3.05) is 19.6 Å². The number of nitrogens with zero attached hydrogens (tertiary/aromatic N) is 2. The van der Waals surface area contributed by atoms with Crippen molar-refractivity contribution >= 4 is 22.8 Å².